The monoisotopic (exact) mass is 244 g/mol. The topological polar surface area (TPSA) is 24.9 Å². The van der Waals surface area contributed by atoms with Crippen molar-refractivity contribution in [3.8, 4) is 0 Å². The quantitative estimate of drug-likeness (QED) is 0.821. The maximum Gasteiger partial charge on any atom is 0.391 e. The summed E-state index contributed by atoms with van der Waals surface area (Å²) < 4.78 is 37.8. The fraction of sp³-hybridized carbons (Fsp3) is 0.583. The molecule has 0 radical (unpaired) electrons. The summed E-state index contributed by atoms with van der Waals surface area (Å²) in [6.45, 7) is 0.406. The summed E-state index contributed by atoms with van der Waals surface area (Å²) in [6.07, 6.45) is 0.183. The number of hydrogen-bond donors (Lipinski definition) is 1. The SMILES string of the molecule is FC(F)(F)[C@H]1CCN[C@@H](c2cccnc2)CC1. The number of aromatic nitrogens is 1. The van der Waals surface area contributed by atoms with Crippen LogP contribution in [0.3, 0.4) is 0 Å². The molecule has 1 aromatic heterocycles. The minimum Gasteiger partial charge on any atom is -0.310 e. The molecule has 1 saturated heterocycles. The molecule has 2 nitrogen and oxygen atoms in total. The van der Waals surface area contributed by atoms with Gasteiger partial charge in [-0.2, -0.15) is 13.2 Å². The van der Waals surface area contributed by atoms with E-state index in [9.17, 15) is 13.2 Å². The zero-order valence-electron chi connectivity index (χ0n) is 9.37. The predicted molar refractivity (Wildman–Crippen MR) is 58.4 cm³/mol. The van der Waals surface area contributed by atoms with Gasteiger partial charge in [0.15, 0.2) is 0 Å². The second kappa shape index (κ2) is 5.04. The van der Waals surface area contributed by atoms with Gasteiger partial charge in [0.1, 0.15) is 0 Å². The molecule has 5 heteroatoms. The van der Waals surface area contributed by atoms with Gasteiger partial charge in [0.2, 0.25) is 0 Å². The first-order valence-electron chi connectivity index (χ1n) is 5.77. The van der Waals surface area contributed by atoms with Crippen LogP contribution in [0.25, 0.3) is 0 Å². The Morgan fingerprint density at radius 3 is 2.71 bits per heavy atom. The van der Waals surface area contributed by atoms with Crippen LogP contribution >= 0.6 is 0 Å². The molecule has 1 aromatic rings. The minimum absolute atomic E-state index is 0.00366. The lowest BCUT2D eigenvalue weighted by Crippen LogP contribution is -2.24. The molecular weight excluding hydrogens is 229 g/mol. The molecule has 0 aliphatic carbocycles. The Bertz CT molecular complexity index is 351. The number of alkyl halides is 3. The van der Waals surface area contributed by atoms with Crippen LogP contribution in [0.15, 0.2) is 24.5 Å². The highest BCUT2D eigenvalue weighted by Gasteiger charge is 2.40. The van der Waals surface area contributed by atoms with E-state index in [1.54, 1.807) is 12.4 Å². The van der Waals surface area contributed by atoms with Crippen molar-refractivity contribution in [1.29, 1.82) is 0 Å². The van der Waals surface area contributed by atoms with E-state index in [-0.39, 0.29) is 18.9 Å². The van der Waals surface area contributed by atoms with E-state index < -0.39 is 12.1 Å². The molecule has 2 heterocycles. The number of pyridine rings is 1. The summed E-state index contributed by atoms with van der Waals surface area (Å²) in [5, 5.41) is 3.16. The summed E-state index contributed by atoms with van der Waals surface area (Å²) in [6, 6.07) is 3.71. The third kappa shape index (κ3) is 3.19. The Morgan fingerprint density at radius 2 is 2.06 bits per heavy atom. The molecule has 1 fully saturated rings. The molecular formula is C12H15F3N2. The lowest BCUT2D eigenvalue weighted by atomic mass is 9.97. The van der Waals surface area contributed by atoms with Crippen molar-refractivity contribution < 1.29 is 13.2 Å². The smallest absolute Gasteiger partial charge is 0.310 e. The molecule has 0 saturated carbocycles. The molecule has 0 unspecified atom stereocenters. The van der Waals surface area contributed by atoms with E-state index in [0.29, 0.717) is 13.0 Å². The number of nitrogens with zero attached hydrogens (tertiary/aromatic N) is 1. The van der Waals surface area contributed by atoms with Crippen molar-refractivity contribution in [3.63, 3.8) is 0 Å². The number of rotatable bonds is 1. The Labute approximate surface area is 98.2 Å². The zero-order chi connectivity index (χ0) is 12.3. The highest BCUT2D eigenvalue weighted by molar-refractivity contribution is 5.14. The van der Waals surface area contributed by atoms with Gasteiger partial charge in [-0.3, -0.25) is 4.98 Å². The third-order valence-corrected chi connectivity index (χ3v) is 3.24. The van der Waals surface area contributed by atoms with Crippen LogP contribution in [0.1, 0.15) is 30.9 Å². The van der Waals surface area contributed by atoms with Gasteiger partial charge >= 0.3 is 6.18 Å². The van der Waals surface area contributed by atoms with E-state index in [4.69, 9.17) is 0 Å². The molecule has 1 N–H and O–H groups in total. The number of nitrogens with one attached hydrogen (secondary N) is 1. The summed E-state index contributed by atoms with van der Waals surface area (Å²) in [7, 11) is 0. The van der Waals surface area contributed by atoms with E-state index in [1.165, 1.54) is 0 Å². The Hall–Kier alpha value is -1.10. The van der Waals surface area contributed by atoms with Crippen molar-refractivity contribution >= 4 is 0 Å². The summed E-state index contributed by atoms with van der Waals surface area (Å²) >= 11 is 0. The molecule has 2 atom stereocenters. The Morgan fingerprint density at radius 1 is 1.24 bits per heavy atom. The maximum atomic E-state index is 12.6. The van der Waals surface area contributed by atoms with Gasteiger partial charge in [-0.05, 0) is 37.4 Å². The van der Waals surface area contributed by atoms with Crippen molar-refractivity contribution in [2.45, 2.75) is 31.5 Å². The van der Waals surface area contributed by atoms with Crippen LogP contribution in [0, 0.1) is 5.92 Å². The summed E-state index contributed by atoms with van der Waals surface area (Å²) in [5.74, 6) is -1.17. The van der Waals surface area contributed by atoms with E-state index in [1.807, 2.05) is 12.1 Å². The fourth-order valence-electron chi connectivity index (χ4n) is 2.24. The highest BCUT2D eigenvalue weighted by Crippen LogP contribution is 2.36. The molecule has 1 aliphatic heterocycles. The minimum atomic E-state index is -4.06. The van der Waals surface area contributed by atoms with Gasteiger partial charge in [0, 0.05) is 18.4 Å². The molecule has 0 spiro atoms. The van der Waals surface area contributed by atoms with Gasteiger partial charge in [-0.25, -0.2) is 0 Å². The average molecular weight is 244 g/mol. The molecule has 0 amide bonds. The summed E-state index contributed by atoms with van der Waals surface area (Å²) in [4.78, 5) is 4.00. The van der Waals surface area contributed by atoms with Gasteiger partial charge in [0.05, 0.1) is 5.92 Å². The second-order valence-corrected chi connectivity index (χ2v) is 4.40. The first kappa shape index (κ1) is 12.4. The molecule has 0 aromatic carbocycles. The Kier molecular flexibility index (Phi) is 3.66. The van der Waals surface area contributed by atoms with Gasteiger partial charge in [-0.1, -0.05) is 6.07 Å². The van der Waals surface area contributed by atoms with Crippen LogP contribution in [0.5, 0.6) is 0 Å². The van der Waals surface area contributed by atoms with Gasteiger partial charge < -0.3 is 5.32 Å². The van der Waals surface area contributed by atoms with Crippen LogP contribution < -0.4 is 5.32 Å². The maximum absolute atomic E-state index is 12.6. The van der Waals surface area contributed by atoms with Crippen LogP contribution in [-0.2, 0) is 0 Å². The third-order valence-electron chi connectivity index (χ3n) is 3.24. The first-order valence-corrected chi connectivity index (χ1v) is 5.77. The number of hydrogen-bond acceptors (Lipinski definition) is 2. The van der Waals surface area contributed by atoms with E-state index >= 15 is 0 Å². The van der Waals surface area contributed by atoms with Crippen LogP contribution in [-0.4, -0.2) is 17.7 Å². The molecule has 17 heavy (non-hydrogen) atoms. The average Bonchev–Trinajstić information content (AvgIpc) is 2.55. The van der Waals surface area contributed by atoms with Gasteiger partial charge in [0.25, 0.3) is 0 Å². The van der Waals surface area contributed by atoms with Crippen molar-refractivity contribution in [2.75, 3.05) is 6.54 Å². The highest BCUT2D eigenvalue weighted by atomic mass is 19.4. The largest absolute Gasteiger partial charge is 0.391 e. The van der Waals surface area contributed by atoms with E-state index in [0.717, 1.165) is 5.56 Å². The lowest BCUT2D eigenvalue weighted by molar-refractivity contribution is -0.176. The van der Waals surface area contributed by atoms with E-state index in [2.05, 4.69) is 10.3 Å². The van der Waals surface area contributed by atoms with Crippen LogP contribution in [0.4, 0.5) is 13.2 Å². The normalized spacial score (nSPS) is 26.5. The van der Waals surface area contributed by atoms with Crippen molar-refractivity contribution in [3.05, 3.63) is 30.1 Å². The zero-order valence-corrected chi connectivity index (χ0v) is 9.37. The summed E-state index contributed by atoms with van der Waals surface area (Å²) in [5.41, 5.74) is 0.968. The fourth-order valence-corrected chi connectivity index (χ4v) is 2.24. The van der Waals surface area contributed by atoms with Gasteiger partial charge in [-0.15, -0.1) is 0 Å². The standard InChI is InChI=1S/C12H15F3N2/c13-12(14,15)10-3-4-11(17-7-5-10)9-2-1-6-16-8-9/h1-2,6,8,10-11,17H,3-5,7H2/t10-,11-/m1/s1. The lowest BCUT2D eigenvalue weighted by Gasteiger charge is -2.17. The Balaban J connectivity index is 2.01. The number of halogens is 3. The molecule has 1 aliphatic rings. The molecule has 2 rings (SSSR count). The predicted octanol–water partition coefficient (Wildman–Crippen LogP) is 3.07. The van der Waals surface area contributed by atoms with Crippen LogP contribution in [0.2, 0.25) is 0 Å². The molecule has 94 valence electrons. The second-order valence-electron chi connectivity index (χ2n) is 4.40. The van der Waals surface area contributed by atoms with Crippen molar-refractivity contribution in [1.82, 2.24) is 10.3 Å². The molecule has 0 bridgehead atoms. The first-order chi connectivity index (χ1) is 8.07. The van der Waals surface area contributed by atoms with Crippen molar-refractivity contribution in [2.24, 2.45) is 5.92 Å².